The third-order valence-electron chi connectivity index (χ3n) is 3.75. The third-order valence-corrected chi connectivity index (χ3v) is 4.44. The Kier molecular flexibility index (Phi) is 5.27. The van der Waals surface area contributed by atoms with Gasteiger partial charge < -0.3 is 18.9 Å². The van der Waals surface area contributed by atoms with Crippen LogP contribution in [0.3, 0.4) is 0 Å². The molecule has 0 N–H and O–H groups in total. The lowest BCUT2D eigenvalue weighted by Gasteiger charge is -2.14. The number of cyclic esters (lactones) is 1. The standard InChI is InChI=1S/C19H16BrNO5/c1-23-15-9-8-11(16(24-2)17(15)25-3)10-14-19(22)26-18(21-14)12-6-4-5-7-13(12)20/h4-10H,1-3H3. The van der Waals surface area contributed by atoms with E-state index in [-0.39, 0.29) is 11.6 Å². The molecule has 2 aromatic carbocycles. The second-order valence-electron chi connectivity index (χ2n) is 5.24. The van der Waals surface area contributed by atoms with Crippen molar-refractivity contribution in [3.63, 3.8) is 0 Å². The Hall–Kier alpha value is -2.80. The van der Waals surface area contributed by atoms with Crippen LogP contribution in [-0.4, -0.2) is 33.2 Å². The van der Waals surface area contributed by atoms with Crippen molar-refractivity contribution < 1.29 is 23.7 Å². The highest BCUT2D eigenvalue weighted by atomic mass is 79.9. The Morgan fingerprint density at radius 3 is 2.38 bits per heavy atom. The molecule has 134 valence electrons. The summed E-state index contributed by atoms with van der Waals surface area (Å²) in [4.78, 5) is 16.6. The number of aliphatic imine (C=N–C) groups is 1. The highest BCUT2D eigenvalue weighted by Crippen LogP contribution is 2.41. The molecule has 7 heteroatoms. The van der Waals surface area contributed by atoms with Gasteiger partial charge in [-0.15, -0.1) is 0 Å². The normalized spacial score (nSPS) is 14.8. The zero-order valence-electron chi connectivity index (χ0n) is 14.4. The van der Waals surface area contributed by atoms with Gasteiger partial charge in [-0.1, -0.05) is 12.1 Å². The summed E-state index contributed by atoms with van der Waals surface area (Å²) in [5.41, 5.74) is 1.49. The summed E-state index contributed by atoms with van der Waals surface area (Å²) in [6.07, 6.45) is 1.59. The van der Waals surface area contributed by atoms with Gasteiger partial charge in [0.25, 0.3) is 0 Å². The highest BCUT2D eigenvalue weighted by molar-refractivity contribution is 9.10. The van der Waals surface area contributed by atoms with E-state index in [4.69, 9.17) is 18.9 Å². The average Bonchev–Trinajstić information content (AvgIpc) is 3.01. The molecule has 2 aromatic rings. The fraction of sp³-hybridized carbons (Fsp3) is 0.158. The molecule has 0 aromatic heterocycles. The third kappa shape index (κ3) is 3.30. The van der Waals surface area contributed by atoms with Gasteiger partial charge in [-0.3, -0.25) is 0 Å². The van der Waals surface area contributed by atoms with Crippen LogP contribution in [0.5, 0.6) is 17.2 Å². The van der Waals surface area contributed by atoms with E-state index in [1.54, 1.807) is 18.2 Å². The van der Waals surface area contributed by atoms with Crippen molar-refractivity contribution in [1.82, 2.24) is 0 Å². The molecule has 0 radical (unpaired) electrons. The minimum atomic E-state index is -0.535. The first-order chi connectivity index (χ1) is 12.6. The molecule has 1 aliphatic heterocycles. The smallest absolute Gasteiger partial charge is 0.363 e. The van der Waals surface area contributed by atoms with Crippen LogP contribution in [-0.2, 0) is 9.53 Å². The maximum Gasteiger partial charge on any atom is 0.363 e. The summed E-state index contributed by atoms with van der Waals surface area (Å²) >= 11 is 3.43. The predicted octanol–water partition coefficient (Wildman–Crippen LogP) is 3.82. The van der Waals surface area contributed by atoms with Crippen molar-refractivity contribution in [2.75, 3.05) is 21.3 Å². The Labute approximate surface area is 159 Å². The largest absolute Gasteiger partial charge is 0.493 e. The Bertz CT molecular complexity index is 920. The van der Waals surface area contributed by atoms with Crippen molar-refractivity contribution in [3.05, 3.63) is 57.7 Å². The van der Waals surface area contributed by atoms with E-state index < -0.39 is 5.97 Å². The molecule has 6 nitrogen and oxygen atoms in total. The van der Waals surface area contributed by atoms with Crippen molar-refractivity contribution in [2.24, 2.45) is 4.99 Å². The van der Waals surface area contributed by atoms with Crippen molar-refractivity contribution in [2.45, 2.75) is 0 Å². The van der Waals surface area contributed by atoms with Gasteiger partial charge in [-0.25, -0.2) is 9.79 Å². The van der Waals surface area contributed by atoms with Gasteiger partial charge in [0.05, 0.1) is 26.9 Å². The van der Waals surface area contributed by atoms with Crippen LogP contribution in [0.25, 0.3) is 6.08 Å². The van der Waals surface area contributed by atoms with Crippen LogP contribution < -0.4 is 14.2 Å². The molecule has 0 bridgehead atoms. The maximum absolute atomic E-state index is 12.2. The average molecular weight is 418 g/mol. The molecule has 0 aliphatic carbocycles. The highest BCUT2D eigenvalue weighted by Gasteiger charge is 2.26. The number of nitrogens with zero attached hydrogens (tertiary/aromatic N) is 1. The molecule has 3 rings (SSSR count). The number of hydrogen-bond donors (Lipinski definition) is 0. The van der Waals surface area contributed by atoms with Crippen molar-refractivity contribution in [3.8, 4) is 17.2 Å². The minimum Gasteiger partial charge on any atom is -0.493 e. The zero-order chi connectivity index (χ0) is 18.7. The summed E-state index contributed by atoms with van der Waals surface area (Å²) in [6.45, 7) is 0. The molecular formula is C19H16BrNO5. The fourth-order valence-corrected chi connectivity index (χ4v) is 3.00. The lowest BCUT2D eigenvalue weighted by molar-refractivity contribution is -0.129. The van der Waals surface area contributed by atoms with Gasteiger partial charge in [0.2, 0.25) is 11.6 Å². The van der Waals surface area contributed by atoms with Gasteiger partial charge in [-0.05, 0) is 46.3 Å². The monoisotopic (exact) mass is 417 g/mol. The van der Waals surface area contributed by atoms with Crippen LogP contribution in [0.2, 0.25) is 0 Å². The summed E-state index contributed by atoms with van der Waals surface area (Å²) in [7, 11) is 4.57. The molecule has 0 saturated heterocycles. The van der Waals surface area contributed by atoms with Crippen LogP contribution in [0.1, 0.15) is 11.1 Å². The Balaban J connectivity index is 2.05. The van der Waals surface area contributed by atoms with E-state index in [9.17, 15) is 4.79 Å². The zero-order valence-corrected chi connectivity index (χ0v) is 16.0. The second-order valence-corrected chi connectivity index (χ2v) is 6.09. The summed E-state index contributed by atoms with van der Waals surface area (Å²) in [6, 6.07) is 10.9. The van der Waals surface area contributed by atoms with E-state index in [0.717, 1.165) is 4.47 Å². The first kappa shape index (κ1) is 18.0. The van der Waals surface area contributed by atoms with E-state index >= 15 is 0 Å². The van der Waals surface area contributed by atoms with E-state index in [1.165, 1.54) is 21.3 Å². The molecule has 26 heavy (non-hydrogen) atoms. The SMILES string of the molecule is COc1ccc(C=C2N=C(c3ccccc3Br)OC2=O)c(OC)c1OC. The number of carbonyl (C=O) groups is 1. The minimum absolute atomic E-state index is 0.168. The Morgan fingerprint density at radius 2 is 1.73 bits per heavy atom. The van der Waals surface area contributed by atoms with Crippen LogP contribution in [0.15, 0.2) is 51.6 Å². The van der Waals surface area contributed by atoms with Crippen LogP contribution in [0, 0.1) is 0 Å². The van der Waals surface area contributed by atoms with Crippen molar-refractivity contribution in [1.29, 1.82) is 0 Å². The summed E-state index contributed by atoms with van der Waals surface area (Å²) < 4.78 is 22.1. The molecular weight excluding hydrogens is 402 g/mol. The first-order valence-corrected chi connectivity index (χ1v) is 8.44. The number of halogens is 1. The number of esters is 1. The predicted molar refractivity (Wildman–Crippen MR) is 101 cm³/mol. The van der Waals surface area contributed by atoms with E-state index in [2.05, 4.69) is 20.9 Å². The quantitative estimate of drug-likeness (QED) is 0.546. The number of carbonyl (C=O) groups excluding carboxylic acids is 1. The van der Waals surface area contributed by atoms with Crippen molar-refractivity contribution >= 4 is 33.9 Å². The lowest BCUT2D eigenvalue weighted by Crippen LogP contribution is -2.06. The molecule has 0 spiro atoms. The number of methoxy groups -OCH3 is 3. The first-order valence-electron chi connectivity index (χ1n) is 7.65. The number of hydrogen-bond acceptors (Lipinski definition) is 6. The van der Waals surface area contributed by atoms with Gasteiger partial charge >= 0.3 is 5.97 Å². The van der Waals surface area contributed by atoms with Gasteiger partial charge in [0.15, 0.2) is 17.2 Å². The summed E-state index contributed by atoms with van der Waals surface area (Å²) in [5.74, 6) is 1.11. The van der Waals surface area contributed by atoms with Gasteiger partial charge in [0.1, 0.15) is 0 Å². The molecule has 0 saturated carbocycles. The van der Waals surface area contributed by atoms with Gasteiger partial charge in [0, 0.05) is 10.0 Å². The topological polar surface area (TPSA) is 66.4 Å². The molecule has 0 fully saturated rings. The lowest BCUT2D eigenvalue weighted by atomic mass is 10.1. The molecule has 0 unspecified atom stereocenters. The van der Waals surface area contributed by atoms with Crippen LogP contribution >= 0.6 is 15.9 Å². The van der Waals surface area contributed by atoms with E-state index in [1.807, 2.05) is 24.3 Å². The number of ether oxygens (including phenoxy) is 4. The summed E-state index contributed by atoms with van der Waals surface area (Å²) in [5, 5.41) is 0. The number of benzene rings is 2. The molecule has 1 heterocycles. The van der Waals surface area contributed by atoms with Crippen LogP contribution in [0.4, 0.5) is 0 Å². The maximum atomic E-state index is 12.2. The Morgan fingerprint density at radius 1 is 1.00 bits per heavy atom. The van der Waals surface area contributed by atoms with Gasteiger partial charge in [-0.2, -0.15) is 0 Å². The fourth-order valence-electron chi connectivity index (χ4n) is 2.54. The second kappa shape index (κ2) is 7.61. The number of rotatable bonds is 5. The molecule has 0 amide bonds. The molecule has 0 atom stereocenters. The van der Waals surface area contributed by atoms with E-state index in [0.29, 0.717) is 28.4 Å². The molecule has 1 aliphatic rings.